The van der Waals surface area contributed by atoms with E-state index in [-0.39, 0.29) is 16.7 Å². The van der Waals surface area contributed by atoms with Gasteiger partial charge in [-0.05, 0) is 69.0 Å². The van der Waals surface area contributed by atoms with E-state index in [1.165, 1.54) is 32.8 Å². The summed E-state index contributed by atoms with van der Waals surface area (Å²) in [5.74, 6) is -0.189. The summed E-state index contributed by atoms with van der Waals surface area (Å²) < 4.78 is 30.7. The quantitative estimate of drug-likeness (QED) is 0.371. The Labute approximate surface area is 216 Å². The van der Waals surface area contributed by atoms with E-state index < -0.39 is 15.9 Å². The molecule has 3 aromatic heterocycles. The predicted molar refractivity (Wildman–Crippen MR) is 140 cm³/mol. The maximum atomic E-state index is 13.2. The molecule has 0 aliphatic carbocycles. The third-order valence-electron chi connectivity index (χ3n) is 6.15. The van der Waals surface area contributed by atoms with Crippen LogP contribution in [0.25, 0.3) is 15.3 Å². The number of thiazole rings is 1. The van der Waals surface area contributed by atoms with Crippen LogP contribution in [0, 0.1) is 26.7 Å². The molecule has 4 aromatic rings. The first-order valence-electron chi connectivity index (χ1n) is 11.1. The van der Waals surface area contributed by atoms with E-state index in [0.717, 1.165) is 27.2 Å². The van der Waals surface area contributed by atoms with Gasteiger partial charge in [0.05, 0.1) is 26.2 Å². The molecule has 0 saturated carbocycles. The van der Waals surface area contributed by atoms with E-state index in [1.54, 1.807) is 16.8 Å². The number of benzene rings is 1. The summed E-state index contributed by atoms with van der Waals surface area (Å²) in [4.78, 5) is 18.0. The van der Waals surface area contributed by atoms with E-state index in [2.05, 4.69) is 36.4 Å². The van der Waals surface area contributed by atoms with Gasteiger partial charge in [0.1, 0.15) is 10.0 Å². The van der Waals surface area contributed by atoms with Crippen LogP contribution in [0.1, 0.15) is 29.7 Å². The minimum Gasteiger partial charge on any atom is -0.310 e. The van der Waals surface area contributed by atoms with E-state index in [0.29, 0.717) is 34.7 Å². The van der Waals surface area contributed by atoms with Gasteiger partial charge in [-0.25, -0.2) is 13.4 Å². The molecule has 0 radical (unpaired) electrons. The highest BCUT2D eigenvalue weighted by atomic mass is 35.5. The van der Waals surface area contributed by atoms with Gasteiger partial charge in [0.2, 0.25) is 11.0 Å². The fourth-order valence-electron chi connectivity index (χ4n) is 4.16. The van der Waals surface area contributed by atoms with Gasteiger partial charge in [-0.15, -0.1) is 11.3 Å². The fourth-order valence-corrected chi connectivity index (χ4v) is 8.33. The zero-order chi connectivity index (χ0) is 24.9. The van der Waals surface area contributed by atoms with Crippen molar-refractivity contribution in [3.8, 4) is 5.13 Å². The topological polar surface area (TPSA) is 97.2 Å². The van der Waals surface area contributed by atoms with Crippen molar-refractivity contribution in [3.05, 3.63) is 51.5 Å². The first-order chi connectivity index (χ1) is 16.6. The first kappa shape index (κ1) is 24.4. The molecule has 1 amide bonds. The zero-order valence-electron chi connectivity index (χ0n) is 19.4. The molecule has 1 N–H and O–H groups in total. The second-order valence-electron chi connectivity index (χ2n) is 8.73. The van der Waals surface area contributed by atoms with Crippen LogP contribution >= 0.6 is 34.3 Å². The third-order valence-corrected chi connectivity index (χ3v) is 10.7. The lowest BCUT2D eigenvalue weighted by Gasteiger charge is -2.30. The Hall–Kier alpha value is -2.31. The number of carbonyl (C=O) groups excluding carboxylic acids is 1. The molecule has 1 aromatic carbocycles. The van der Waals surface area contributed by atoms with Crippen molar-refractivity contribution in [3.63, 3.8) is 0 Å². The number of aryl methyl sites for hydroxylation is 3. The lowest BCUT2D eigenvalue weighted by molar-refractivity contribution is -0.120. The van der Waals surface area contributed by atoms with Gasteiger partial charge in [-0.2, -0.15) is 14.1 Å². The highest BCUT2D eigenvalue weighted by Crippen LogP contribution is 2.32. The average Bonchev–Trinajstić information content (AvgIpc) is 3.52. The summed E-state index contributed by atoms with van der Waals surface area (Å²) in [6, 6.07) is 9.04. The number of aromatic nitrogens is 3. The Morgan fingerprint density at radius 1 is 1.14 bits per heavy atom. The van der Waals surface area contributed by atoms with Gasteiger partial charge in [0, 0.05) is 19.2 Å². The monoisotopic (exact) mass is 549 g/mol. The fraction of sp³-hybridized carbons (Fsp3) is 0.348. The number of hydrogen-bond donors (Lipinski definition) is 1. The summed E-state index contributed by atoms with van der Waals surface area (Å²) >= 11 is 8.47. The Morgan fingerprint density at radius 3 is 2.66 bits per heavy atom. The molecular formula is C23H24ClN5O3S3. The summed E-state index contributed by atoms with van der Waals surface area (Å²) in [6.45, 7) is 6.48. The highest BCUT2D eigenvalue weighted by molar-refractivity contribution is 7.91. The number of rotatable bonds is 5. The standard InChI is InChI=1S/C23H24ClN5O3S3/c1-13-9-17-18(10-14(13)2)33-23(25-17)29-20(11-15(3)27-29)26-22(30)16-5-4-8-28(12-16)35(31,32)21-7-6-19(24)34-21/h6-7,9-11,16H,4-5,8,12H2,1-3H3,(H,26,30). The molecule has 12 heteroatoms. The first-order valence-corrected chi connectivity index (χ1v) is 14.6. The van der Waals surface area contributed by atoms with Crippen LogP contribution < -0.4 is 5.32 Å². The van der Waals surface area contributed by atoms with Crippen LogP contribution in [0.4, 0.5) is 5.82 Å². The number of sulfonamides is 1. The van der Waals surface area contributed by atoms with Gasteiger partial charge >= 0.3 is 0 Å². The molecule has 184 valence electrons. The van der Waals surface area contributed by atoms with E-state index in [1.807, 2.05) is 6.92 Å². The van der Waals surface area contributed by atoms with Crippen molar-refractivity contribution < 1.29 is 13.2 Å². The molecule has 1 fully saturated rings. The van der Waals surface area contributed by atoms with Crippen molar-refractivity contribution in [1.29, 1.82) is 0 Å². The van der Waals surface area contributed by atoms with Gasteiger partial charge in [0.25, 0.3) is 10.0 Å². The van der Waals surface area contributed by atoms with Crippen molar-refractivity contribution in [2.24, 2.45) is 5.92 Å². The van der Waals surface area contributed by atoms with Crippen molar-refractivity contribution >= 4 is 66.2 Å². The van der Waals surface area contributed by atoms with Crippen LogP contribution in [0.3, 0.4) is 0 Å². The maximum Gasteiger partial charge on any atom is 0.252 e. The molecule has 35 heavy (non-hydrogen) atoms. The number of anilines is 1. The lowest BCUT2D eigenvalue weighted by Crippen LogP contribution is -2.43. The Bertz CT molecular complexity index is 1500. The number of nitrogens with zero attached hydrogens (tertiary/aromatic N) is 4. The van der Waals surface area contributed by atoms with Crippen LogP contribution in [0.5, 0.6) is 0 Å². The predicted octanol–water partition coefficient (Wildman–Crippen LogP) is 5.16. The molecule has 5 rings (SSSR count). The number of carbonyl (C=O) groups is 1. The molecule has 0 bridgehead atoms. The number of thiophene rings is 1. The van der Waals surface area contributed by atoms with E-state index >= 15 is 0 Å². The summed E-state index contributed by atoms with van der Waals surface area (Å²) in [6.07, 6.45) is 1.21. The summed E-state index contributed by atoms with van der Waals surface area (Å²) in [5, 5.41) is 8.18. The maximum absolute atomic E-state index is 13.2. The molecule has 8 nitrogen and oxygen atoms in total. The molecule has 1 atom stereocenters. The number of piperidine rings is 1. The second kappa shape index (κ2) is 9.29. The molecule has 1 aliphatic rings. The summed E-state index contributed by atoms with van der Waals surface area (Å²) in [5.41, 5.74) is 4.00. The van der Waals surface area contributed by atoms with Gasteiger partial charge in [-0.1, -0.05) is 22.9 Å². The smallest absolute Gasteiger partial charge is 0.252 e. The number of hydrogen-bond acceptors (Lipinski definition) is 7. The lowest BCUT2D eigenvalue weighted by atomic mass is 9.99. The van der Waals surface area contributed by atoms with Crippen LogP contribution in [0.15, 0.2) is 34.5 Å². The molecule has 4 heterocycles. The van der Waals surface area contributed by atoms with Gasteiger partial charge < -0.3 is 5.32 Å². The zero-order valence-corrected chi connectivity index (χ0v) is 22.6. The molecular weight excluding hydrogens is 526 g/mol. The minimum atomic E-state index is -3.69. The van der Waals surface area contributed by atoms with Crippen LogP contribution in [-0.4, -0.2) is 46.5 Å². The van der Waals surface area contributed by atoms with E-state index in [9.17, 15) is 13.2 Å². The normalized spacial score (nSPS) is 17.2. The molecule has 1 unspecified atom stereocenters. The van der Waals surface area contributed by atoms with Gasteiger partial charge in [-0.3, -0.25) is 4.79 Å². The van der Waals surface area contributed by atoms with Crippen molar-refractivity contribution in [2.75, 3.05) is 18.4 Å². The SMILES string of the molecule is Cc1cc(NC(=O)C2CCCN(S(=O)(=O)c3ccc(Cl)s3)C2)n(-c2nc3cc(C)c(C)cc3s2)n1. The number of fused-ring (bicyclic) bond motifs is 1. The number of amides is 1. The number of halogens is 1. The highest BCUT2D eigenvalue weighted by Gasteiger charge is 2.34. The van der Waals surface area contributed by atoms with Crippen molar-refractivity contribution in [1.82, 2.24) is 19.1 Å². The second-order valence-corrected chi connectivity index (χ2v) is 13.6. The van der Waals surface area contributed by atoms with Crippen LogP contribution in [-0.2, 0) is 14.8 Å². The van der Waals surface area contributed by atoms with Gasteiger partial charge in [0.15, 0.2) is 0 Å². The van der Waals surface area contributed by atoms with Crippen LogP contribution in [0.2, 0.25) is 4.34 Å². The Kier molecular flexibility index (Phi) is 6.47. The van der Waals surface area contributed by atoms with Crippen molar-refractivity contribution in [2.45, 2.75) is 37.8 Å². The summed E-state index contributed by atoms with van der Waals surface area (Å²) in [7, 11) is -3.69. The molecule has 1 aliphatic heterocycles. The third kappa shape index (κ3) is 4.75. The Morgan fingerprint density at radius 2 is 1.91 bits per heavy atom. The molecule has 0 spiro atoms. The largest absolute Gasteiger partial charge is 0.310 e. The van der Waals surface area contributed by atoms with E-state index in [4.69, 9.17) is 16.6 Å². The number of nitrogens with one attached hydrogen (secondary N) is 1. The molecule has 1 saturated heterocycles. The minimum absolute atomic E-state index is 0.122. The Balaban J connectivity index is 1.37. The average molecular weight is 550 g/mol.